The van der Waals surface area contributed by atoms with Gasteiger partial charge >= 0.3 is 0 Å². The van der Waals surface area contributed by atoms with E-state index in [1.807, 2.05) is 19.9 Å². The van der Waals surface area contributed by atoms with Gasteiger partial charge in [-0.2, -0.15) is 10.2 Å². The number of nitrogens with one attached hydrogen (secondary N) is 1. The van der Waals surface area contributed by atoms with Gasteiger partial charge in [0.05, 0.1) is 23.5 Å². The molecule has 0 fully saturated rings. The maximum Gasteiger partial charge on any atom is 0.261 e. The third-order valence-corrected chi connectivity index (χ3v) is 3.67. The summed E-state index contributed by atoms with van der Waals surface area (Å²) in [6.45, 7) is 3.85. The van der Waals surface area contributed by atoms with Crippen LogP contribution in [-0.4, -0.2) is 34.1 Å². The van der Waals surface area contributed by atoms with Crippen LogP contribution in [0.15, 0.2) is 27.8 Å². The number of amides is 1. The van der Waals surface area contributed by atoms with Gasteiger partial charge in [0.2, 0.25) is 0 Å². The Balaban J connectivity index is 2.00. The second kappa shape index (κ2) is 7.28. The molecular weight excluding hydrogens is 364 g/mol. The summed E-state index contributed by atoms with van der Waals surface area (Å²) in [5.74, 6) is 0.0465. The molecule has 0 saturated carbocycles. The molecule has 1 heterocycles. The van der Waals surface area contributed by atoms with Crippen molar-refractivity contribution in [3.05, 3.63) is 39.6 Å². The number of carbonyl (C=O) groups is 1. The number of phenolic OH excluding ortho intramolecular Hbond substituents is 1. The van der Waals surface area contributed by atoms with Gasteiger partial charge in [0.25, 0.3) is 5.91 Å². The summed E-state index contributed by atoms with van der Waals surface area (Å²) in [6.07, 6.45) is 1.46. The molecule has 0 unspecified atom stereocenters. The van der Waals surface area contributed by atoms with E-state index in [-0.39, 0.29) is 18.2 Å². The van der Waals surface area contributed by atoms with Crippen LogP contribution in [0, 0.1) is 13.8 Å². The van der Waals surface area contributed by atoms with Gasteiger partial charge < -0.3 is 9.84 Å². The van der Waals surface area contributed by atoms with Gasteiger partial charge in [-0.25, -0.2) is 5.43 Å². The number of halogens is 1. The molecule has 2 N–H and O–H groups in total. The SMILES string of the molecule is COc1cc(/C=N/NC(=O)Cn2nc(C)cc2C)cc(Br)c1O. The van der Waals surface area contributed by atoms with Crippen LogP contribution in [0.25, 0.3) is 0 Å². The topological polar surface area (TPSA) is 88.7 Å². The molecule has 23 heavy (non-hydrogen) atoms. The van der Waals surface area contributed by atoms with Crippen molar-refractivity contribution < 1.29 is 14.6 Å². The summed E-state index contributed by atoms with van der Waals surface area (Å²) in [5, 5.41) is 17.8. The van der Waals surface area contributed by atoms with Crippen LogP contribution >= 0.6 is 15.9 Å². The van der Waals surface area contributed by atoms with Crippen LogP contribution in [-0.2, 0) is 11.3 Å². The van der Waals surface area contributed by atoms with E-state index in [1.54, 1.807) is 16.8 Å². The third-order valence-electron chi connectivity index (χ3n) is 3.07. The average molecular weight is 381 g/mol. The highest BCUT2D eigenvalue weighted by molar-refractivity contribution is 9.10. The van der Waals surface area contributed by atoms with Crippen molar-refractivity contribution in [2.45, 2.75) is 20.4 Å². The van der Waals surface area contributed by atoms with Gasteiger partial charge in [0.15, 0.2) is 11.5 Å². The summed E-state index contributed by atoms with van der Waals surface area (Å²) < 4.78 is 7.14. The first-order chi connectivity index (χ1) is 10.9. The number of hydrogen-bond acceptors (Lipinski definition) is 5. The van der Waals surface area contributed by atoms with Gasteiger partial charge in [0, 0.05) is 5.69 Å². The van der Waals surface area contributed by atoms with E-state index < -0.39 is 0 Å². The molecule has 7 nitrogen and oxygen atoms in total. The fourth-order valence-corrected chi connectivity index (χ4v) is 2.47. The van der Waals surface area contributed by atoms with Crippen LogP contribution < -0.4 is 10.2 Å². The molecule has 2 aromatic rings. The van der Waals surface area contributed by atoms with Crippen molar-refractivity contribution in [1.82, 2.24) is 15.2 Å². The number of hydrazone groups is 1. The van der Waals surface area contributed by atoms with Gasteiger partial charge in [-0.05, 0) is 53.5 Å². The number of ether oxygens (including phenoxy) is 1. The zero-order chi connectivity index (χ0) is 17.0. The van der Waals surface area contributed by atoms with Crippen LogP contribution in [0.3, 0.4) is 0 Å². The Morgan fingerprint density at radius 1 is 1.48 bits per heavy atom. The highest BCUT2D eigenvalue weighted by Gasteiger charge is 2.08. The lowest BCUT2D eigenvalue weighted by molar-refractivity contribution is -0.121. The summed E-state index contributed by atoms with van der Waals surface area (Å²) in [5.41, 5.74) is 4.88. The van der Waals surface area contributed by atoms with Crippen LogP contribution in [0.5, 0.6) is 11.5 Å². The molecule has 122 valence electrons. The zero-order valence-electron chi connectivity index (χ0n) is 13.0. The lowest BCUT2D eigenvalue weighted by atomic mass is 10.2. The molecule has 8 heteroatoms. The molecule has 0 aliphatic carbocycles. The first-order valence-electron chi connectivity index (χ1n) is 6.80. The lowest BCUT2D eigenvalue weighted by Gasteiger charge is -2.06. The standard InChI is InChI=1S/C15H17BrN4O3/c1-9-4-10(2)20(19-9)8-14(21)18-17-7-11-5-12(16)15(22)13(6-11)23-3/h4-7,22H,8H2,1-3H3,(H,18,21)/b17-7+. The van der Waals surface area contributed by atoms with Gasteiger partial charge in [-0.15, -0.1) is 0 Å². The minimum atomic E-state index is -0.280. The summed E-state index contributed by atoms with van der Waals surface area (Å²) in [6, 6.07) is 5.17. The molecule has 1 aromatic heterocycles. The van der Waals surface area contributed by atoms with Crippen molar-refractivity contribution in [2.75, 3.05) is 7.11 Å². The van der Waals surface area contributed by atoms with Crippen molar-refractivity contribution in [2.24, 2.45) is 5.10 Å². The van der Waals surface area contributed by atoms with Gasteiger partial charge in [-0.1, -0.05) is 0 Å². The van der Waals surface area contributed by atoms with E-state index in [4.69, 9.17) is 4.74 Å². The molecule has 2 rings (SSSR count). The van der Waals surface area contributed by atoms with Crippen LogP contribution in [0.4, 0.5) is 0 Å². The Morgan fingerprint density at radius 2 is 2.22 bits per heavy atom. The Labute approximate surface area is 142 Å². The van der Waals surface area contributed by atoms with Crippen molar-refractivity contribution in [3.63, 3.8) is 0 Å². The van der Waals surface area contributed by atoms with Crippen molar-refractivity contribution in [3.8, 4) is 11.5 Å². The Bertz CT molecular complexity index is 755. The van der Waals surface area contributed by atoms with E-state index in [9.17, 15) is 9.90 Å². The molecule has 0 aliphatic rings. The Hall–Kier alpha value is -2.35. The normalized spacial score (nSPS) is 11.0. The molecule has 0 bridgehead atoms. The maximum atomic E-state index is 11.8. The third kappa shape index (κ3) is 4.32. The molecule has 0 spiro atoms. The number of aromatic nitrogens is 2. The fraction of sp³-hybridized carbons (Fsp3) is 0.267. The second-order valence-corrected chi connectivity index (χ2v) is 5.79. The molecule has 0 atom stereocenters. The molecule has 0 radical (unpaired) electrons. The number of aryl methyl sites for hydroxylation is 2. The summed E-state index contributed by atoms with van der Waals surface area (Å²) in [4.78, 5) is 11.8. The Morgan fingerprint density at radius 3 is 2.83 bits per heavy atom. The number of methoxy groups -OCH3 is 1. The van der Waals surface area contributed by atoms with E-state index in [0.29, 0.717) is 15.8 Å². The number of hydrogen-bond donors (Lipinski definition) is 2. The molecule has 1 amide bonds. The second-order valence-electron chi connectivity index (χ2n) is 4.93. The lowest BCUT2D eigenvalue weighted by Crippen LogP contribution is -2.24. The van der Waals surface area contributed by atoms with E-state index >= 15 is 0 Å². The number of nitrogens with zero attached hydrogens (tertiary/aromatic N) is 3. The first-order valence-corrected chi connectivity index (χ1v) is 7.59. The largest absolute Gasteiger partial charge is 0.503 e. The fourth-order valence-electron chi connectivity index (χ4n) is 2.01. The number of benzene rings is 1. The number of carbonyl (C=O) groups excluding carboxylic acids is 1. The van der Waals surface area contributed by atoms with Gasteiger partial charge in [0.1, 0.15) is 6.54 Å². The van der Waals surface area contributed by atoms with Crippen molar-refractivity contribution in [1.29, 1.82) is 0 Å². The maximum absolute atomic E-state index is 11.8. The average Bonchev–Trinajstić information content (AvgIpc) is 2.80. The molecular formula is C15H17BrN4O3. The Kier molecular flexibility index (Phi) is 5.38. The smallest absolute Gasteiger partial charge is 0.261 e. The highest BCUT2D eigenvalue weighted by atomic mass is 79.9. The minimum Gasteiger partial charge on any atom is -0.503 e. The number of phenols is 1. The minimum absolute atomic E-state index is 0.0122. The van der Waals surface area contributed by atoms with E-state index in [1.165, 1.54) is 13.3 Å². The predicted molar refractivity (Wildman–Crippen MR) is 89.8 cm³/mol. The highest BCUT2D eigenvalue weighted by Crippen LogP contribution is 2.34. The monoisotopic (exact) mass is 380 g/mol. The zero-order valence-corrected chi connectivity index (χ0v) is 14.6. The van der Waals surface area contributed by atoms with Crippen molar-refractivity contribution >= 4 is 28.1 Å². The summed E-state index contributed by atoms with van der Waals surface area (Å²) in [7, 11) is 1.46. The first kappa shape index (κ1) is 17.0. The van der Waals surface area contributed by atoms with Crippen LogP contribution in [0.2, 0.25) is 0 Å². The number of aromatic hydroxyl groups is 1. The molecule has 1 aromatic carbocycles. The molecule has 0 aliphatic heterocycles. The van der Waals surface area contributed by atoms with E-state index in [0.717, 1.165) is 11.4 Å². The van der Waals surface area contributed by atoms with Gasteiger partial charge in [-0.3, -0.25) is 9.48 Å². The molecule has 0 saturated heterocycles. The van der Waals surface area contributed by atoms with Crippen LogP contribution in [0.1, 0.15) is 17.0 Å². The van der Waals surface area contributed by atoms with E-state index in [2.05, 4.69) is 31.6 Å². The predicted octanol–water partition coefficient (Wildman–Crippen LogP) is 2.13. The summed E-state index contributed by atoms with van der Waals surface area (Å²) >= 11 is 3.22. The number of rotatable bonds is 5. The quantitative estimate of drug-likeness (QED) is 0.614.